The average molecular weight is 379 g/mol. The number of carbonyl (C=O) groups is 1. The maximum Gasteiger partial charge on any atom is 0.223 e. The van der Waals surface area contributed by atoms with Crippen molar-refractivity contribution in [1.82, 2.24) is 4.90 Å². The molecule has 0 aliphatic rings. The Morgan fingerprint density at radius 2 is 1.64 bits per heavy atom. The molecule has 5 nitrogen and oxygen atoms in total. The van der Waals surface area contributed by atoms with Gasteiger partial charge in [-0.1, -0.05) is 50.6 Å². The molecule has 28 heavy (non-hydrogen) atoms. The van der Waals surface area contributed by atoms with Crippen molar-refractivity contribution in [3.05, 3.63) is 65.7 Å². The third-order valence-corrected chi connectivity index (χ3v) is 4.49. The maximum atomic E-state index is 12.5. The Kier molecular flexibility index (Phi) is 8.40. The number of aliphatic imine (C=N–C) groups is 2. The fourth-order valence-corrected chi connectivity index (χ4v) is 2.80. The number of anilines is 1. The van der Waals surface area contributed by atoms with E-state index in [1.807, 2.05) is 54.6 Å². The first-order valence-electron chi connectivity index (χ1n) is 9.81. The summed E-state index contributed by atoms with van der Waals surface area (Å²) >= 11 is 0. The van der Waals surface area contributed by atoms with Crippen LogP contribution in [0.1, 0.15) is 49.0 Å². The van der Waals surface area contributed by atoms with E-state index in [0.29, 0.717) is 17.1 Å². The Morgan fingerprint density at radius 3 is 2.21 bits per heavy atom. The van der Waals surface area contributed by atoms with Crippen molar-refractivity contribution >= 4 is 23.3 Å². The lowest BCUT2D eigenvalue weighted by Crippen LogP contribution is -2.29. The van der Waals surface area contributed by atoms with Crippen molar-refractivity contribution in [1.29, 1.82) is 0 Å². The Balaban J connectivity index is 2.09. The quantitative estimate of drug-likeness (QED) is 0.425. The third-order valence-electron chi connectivity index (χ3n) is 4.49. The molecule has 0 saturated heterocycles. The van der Waals surface area contributed by atoms with Gasteiger partial charge in [-0.15, -0.1) is 0 Å². The lowest BCUT2D eigenvalue weighted by Gasteiger charge is -2.20. The summed E-state index contributed by atoms with van der Waals surface area (Å²) in [6.45, 7) is 5.26. The van der Waals surface area contributed by atoms with Crippen molar-refractivity contribution < 1.29 is 4.79 Å². The van der Waals surface area contributed by atoms with Gasteiger partial charge in [0.1, 0.15) is 5.84 Å². The minimum absolute atomic E-state index is 0.0142. The van der Waals surface area contributed by atoms with E-state index in [4.69, 9.17) is 0 Å². The Bertz CT molecular complexity index is 810. The molecule has 0 spiro atoms. The van der Waals surface area contributed by atoms with Gasteiger partial charge >= 0.3 is 0 Å². The summed E-state index contributed by atoms with van der Waals surface area (Å²) in [6, 6.07) is 16.7. The number of benzene rings is 2. The number of carbonyl (C=O) groups excluding carboxylic acids is 1. The number of unbranched alkanes of at least 4 members (excludes halogenated alkanes) is 1. The molecule has 0 atom stereocenters. The minimum atomic E-state index is 0.0142. The van der Waals surface area contributed by atoms with Crippen molar-refractivity contribution in [3.8, 4) is 0 Å². The highest BCUT2D eigenvalue weighted by atomic mass is 16.1. The highest BCUT2D eigenvalue weighted by Crippen LogP contribution is 2.14. The Morgan fingerprint density at radius 1 is 1.00 bits per heavy atom. The summed E-state index contributed by atoms with van der Waals surface area (Å²) in [7, 11) is 3.79. The van der Waals surface area contributed by atoms with Crippen LogP contribution >= 0.6 is 0 Å². The van der Waals surface area contributed by atoms with Crippen molar-refractivity contribution in [2.24, 2.45) is 9.98 Å². The molecule has 0 aromatic heterocycles. The monoisotopic (exact) mass is 378 g/mol. The molecule has 0 aliphatic carbocycles. The van der Waals surface area contributed by atoms with E-state index in [-0.39, 0.29) is 5.78 Å². The number of amidine groups is 1. The molecule has 2 aromatic rings. The minimum Gasteiger partial charge on any atom is -0.363 e. The van der Waals surface area contributed by atoms with E-state index in [2.05, 4.69) is 41.1 Å². The van der Waals surface area contributed by atoms with E-state index < -0.39 is 0 Å². The van der Waals surface area contributed by atoms with Crippen LogP contribution in [0.4, 0.5) is 5.69 Å². The first-order valence-corrected chi connectivity index (χ1v) is 9.81. The zero-order valence-corrected chi connectivity index (χ0v) is 17.3. The number of hydrogen-bond acceptors (Lipinski definition) is 2. The lowest BCUT2D eigenvalue weighted by atomic mass is 10.0. The summed E-state index contributed by atoms with van der Waals surface area (Å²) in [5.74, 6) is 1.57. The van der Waals surface area contributed by atoms with Gasteiger partial charge in [-0.3, -0.25) is 9.79 Å². The first kappa shape index (κ1) is 21.4. The second kappa shape index (κ2) is 11.0. The van der Waals surface area contributed by atoms with Gasteiger partial charge in [-0.2, -0.15) is 0 Å². The molecule has 148 valence electrons. The second-order valence-electron chi connectivity index (χ2n) is 6.60. The van der Waals surface area contributed by atoms with E-state index in [1.54, 1.807) is 7.05 Å². The van der Waals surface area contributed by atoms with Crippen LogP contribution in [0.3, 0.4) is 0 Å². The van der Waals surface area contributed by atoms with Gasteiger partial charge in [0.15, 0.2) is 5.78 Å². The molecular weight excluding hydrogens is 348 g/mol. The van der Waals surface area contributed by atoms with Gasteiger partial charge < -0.3 is 10.2 Å². The number of nitrogens with one attached hydrogen (secondary N) is 1. The molecule has 2 aromatic carbocycles. The summed E-state index contributed by atoms with van der Waals surface area (Å²) in [5, 5.41) is 3.23. The summed E-state index contributed by atoms with van der Waals surface area (Å²) in [5.41, 5.74) is 2.19. The zero-order valence-electron chi connectivity index (χ0n) is 17.3. The smallest absolute Gasteiger partial charge is 0.223 e. The molecule has 0 aliphatic heterocycles. The molecule has 0 heterocycles. The van der Waals surface area contributed by atoms with Crippen molar-refractivity contribution in [2.75, 3.05) is 26.0 Å². The van der Waals surface area contributed by atoms with Crippen LogP contribution in [0.2, 0.25) is 0 Å². The van der Waals surface area contributed by atoms with Crippen LogP contribution in [0.5, 0.6) is 0 Å². The zero-order chi connectivity index (χ0) is 20.4. The van der Waals surface area contributed by atoms with Crippen LogP contribution in [-0.2, 0) is 0 Å². The fourth-order valence-electron chi connectivity index (χ4n) is 2.80. The summed E-state index contributed by atoms with van der Waals surface area (Å²) in [6.07, 6.45) is 3.13. The van der Waals surface area contributed by atoms with Crippen molar-refractivity contribution in [2.45, 2.75) is 33.1 Å². The van der Waals surface area contributed by atoms with Crippen LogP contribution in [0.15, 0.2) is 64.6 Å². The van der Waals surface area contributed by atoms with E-state index in [0.717, 1.165) is 37.3 Å². The SMILES string of the molecule is CCCCN(C)/C(CC)=N/C(=NC)Nc1ccc(C(=O)c2ccccc2)cc1. The van der Waals surface area contributed by atoms with E-state index in [1.165, 1.54) is 0 Å². The fraction of sp³-hybridized carbons (Fsp3) is 0.348. The van der Waals surface area contributed by atoms with Gasteiger partial charge in [0.25, 0.3) is 0 Å². The number of nitrogens with zero attached hydrogens (tertiary/aromatic N) is 3. The number of ketones is 1. The molecule has 0 bridgehead atoms. The molecule has 1 N–H and O–H groups in total. The normalized spacial score (nSPS) is 12.0. The van der Waals surface area contributed by atoms with Gasteiger partial charge in [0, 0.05) is 43.9 Å². The summed E-state index contributed by atoms with van der Waals surface area (Å²) in [4.78, 5) is 23.6. The standard InChI is InChI=1S/C23H30N4O/c1-5-7-17-27(4)21(6-2)26-23(24-3)25-20-15-13-19(14-16-20)22(28)18-11-9-8-10-12-18/h8-16H,5-7,17H2,1-4H3,(H,24,25)/b26-21+. The highest BCUT2D eigenvalue weighted by Gasteiger charge is 2.09. The molecule has 0 unspecified atom stereocenters. The average Bonchev–Trinajstić information content (AvgIpc) is 2.75. The van der Waals surface area contributed by atoms with Crippen molar-refractivity contribution in [3.63, 3.8) is 0 Å². The van der Waals surface area contributed by atoms with Crippen LogP contribution < -0.4 is 5.32 Å². The van der Waals surface area contributed by atoms with Gasteiger partial charge in [-0.25, -0.2) is 4.99 Å². The van der Waals surface area contributed by atoms with Gasteiger partial charge in [-0.05, 0) is 30.7 Å². The predicted octanol–water partition coefficient (Wildman–Crippen LogP) is 4.86. The third kappa shape index (κ3) is 6.05. The van der Waals surface area contributed by atoms with Gasteiger partial charge in [0.2, 0.25) is 5.96 Å². The molecular formula is C23H30N4O. The largest absolute Gasteiger partial charge is 0.363 e. The highest BCUT2D eigenvalue weighted by molar-refractivity contribution is 6.09. The van der Waals surface area contributed by atoms with Gasteiger partial charge in [0.05, 0.1) is 0 Å². The van der Waals surface area contributed by atoms with Crippen LogP contribution in [0, 0.1) is 0 Å². The van der Waals surface area contributed by atoms with E-state index >= 15 is 0 Å². The Labute approximate surface area is 168 Å². The molecule has 0 radical (unpaired) electrons. The second-order valence-corrected chi connectivity index (χ2v) is 6.60. The maximum absolute atomic E-state index is 12.5. The van der Waals surface area contributed by atoms with Crippen LogP contribution in [0.25, 0.3) is 0 Å². The molecule has 0 amide bonds. The molecule has 5 heteroatoms. The number of rotatable bonds is 7. The van der Waals surface area contributed by atoms with Crippen LogP contribution in [-0.4, -0.2) is 43.1 Å². The Hall–Kier alpha value is -2.95. The molecule has 2 rings (SSSR count). The molecule has 0 saturated carbocycles. The van der Waals surface area contributed by atoms with E-state index in [9.17, 15) is 4.79 Å². The topological polar surface area (TPSA) is 57.1 Å². The lowest BCUT2D eigenvalue weighted by molar-refractivity contribution is 0.103. The first-order chi connectivity index (χ1) is 13.6. The predicted molar refractivity (Wildman–Crippen MR) is 119 cm³/mol. The molecule has 0 fully saturated rings. The summed E-state index contributed by atoms with van der Waals surface area (Å²) < 4.78 is 0. The number of hydrogen-bond donors (Lipinski definition) is 1. The number of guanidine groups is 1.